The van der Waals surface area contributed by atoms with Crippen LogP contribution in [0.3, 0.4) is 0 Å². The fourth-order valence-corrected chi connectivity index (χ4v) is 1.45. The molecule has 2 heterocycles. The number of fused-ring (bicyclic) bond motifs is 1. The number of hydrogen-bond donors (Lipinski definition) is 3. The van der Waals surface area contributed by atoms with Crippen molar-refractivity contribution in [2.75, 3.05) is 12.8 Å². The van der Waals surface area contributed by atoms with Gasteiger partial charge in [0, 0.05) is 7.11 Å². The first-order valence-corrected chi connectivity index (χ1v) is 4.52. The highest BCUT2D eigenvalue weighted by Gasteiger charge is 2.22. The van der Waals surface area contributed by atoms with Gasteiger partial charge in [-0.05, 0) is 0 Å². The summed E-state index contributed by atoms with van der Waals surface area (Å²) in [6.07, 6.45) is -0.150. The van der Waals surface area contributed by atoms with E-state index >= 15 is 0 Å². The Morgan fingerprint density at radius 1 is 1.71 bits per heavy atom. The lowest BCUT2D eigenvalue weighted by molar-refractivity contribution is -0.154. The van der Waals surface area contributed by atoms with Crippen molar-refractivity contribution in [2.24, 2.45) is 0 Å². The molecule has 90 valence electrons. The minimum absolute atomic E-state index is 0.00231. The van der Waals surface area contributed by atoms with E-state index in [2.05, 4.69) is 15.0 Å². The quantitative estimate of drug-likeness (QED) is 0.620. The molecule has 0 aliphatic carbocycles. The van der Waals surface area contributed by atoms with Gasteiger partial charge in [-0.2, -0.15) is 4.98 Å². The molecule has 2 aromatic heterocycles. The molecule has 17 heavy (non-hydrogen) atoms. The van der Waals surface area contributed by atoms with Crippen LogP contribution >= 0.6 is 0 Å². The Kier molecular flexibility index (Phi) is 2.52. The van der Waals surface area contributed by atoms with Gasteiger partial charge in [0.15, 0.2) is 11.2 Å². The van der Waals surface area contributed by atoms with Crippen LogP contribution in [0.1, 0.15) is 6.23 Å². The summed E-state index contributed by atoms with van der Waals surface area (Å²) >= 11 is 0. The fraction of sp³-hybridized carbons (Fsp3) is 0.250. The van der Waals surface area contributed by atoms with E-state index in [0.717, 1.165) is 10.9 Å². The maximum atomic E-state index is 11.5. The van der Waals surface area contributed by atoms with E-state index < -0.39 is 17.8 Å². The van der Waals surface area contributed by atoms with E-state index in [-0.39, 0.29) is 17.1 Å². The van der Waals surface area contributed by atoms with E-state index in [9.17, 15) is 9.59 Å². The average molecular weight is 239 g/mol. The molecule has 9 heteroatoms. The van der Waals surface area contributed by atoms with Crippen molar-refractivity contribution in [2.45, 2.75) is 6.23 Å². The molecule has 1 atom stereocenters. The minimum Gasteiger partial charge on any atom is -0.478 e. The number of H-pyrrole nitrogens is 1. The molecule has 0 spiro atoms. The van der Waals surface area contributed by atoms with Gasteiger partial charge >= 0.3 is 5.97 Å². The van der Waals surface area contributed by atoms with Crippen LogP contribution in [0.25, 0.3) is 11.2 Å². The number of nitrogens with one attached hydrogen (secondary N) is 1. The molecule has 0 amide bonds. The summed E-state index contributed by atoms with van der Waals surface area (Å²) in [7, 11) is 1.22. The van der Waals surface area contributed by atoms with Gasteiger partial charge in [-0.1, -0.05) is 0 Å². The normalized spacial score (nSPS) is 12.8. The lowest BCUT2D eigenvalue weighted by Gasteiger charge is -2.11. The van der Waals surface area contributed by atoms with Gasteiger partial charge in [0.25, 0.3) is 5.56 Å². The van der Waals surface area contributed by atoms with E-state index in [1.54, 1.807) is 0 Å². The van der Waals surface area contributed by atoms with Gasteiger partial charge in [-0.3, -0.25) is 14.3 Å². The molecule has 0 aliphatic heterocycles. The third kappa shape index (κ3) is 1.72. The van der Waals surface area contributed by atoms with Gasteiger partial charge in [-0.15, -0.1) is 0 Å². The molecular formula is C8H9N5O4. The number of methoxy groups -OCH3 is 1. The summed E-state index contributed by atoms with van der Waals surface area (Å²) in [6.45, 7) is 0. The van der Waals surface area contributed by atoms with Crippen LogP contribution in [0.2, 0.25) is 0 Å². The van der Waals surface area contributed by atoms with E-state index in [1.165, 1.54) is 7.11 Å². The number of aliphatic carboxylic acids is 1. The predicted molar refractivity (Wildman–Crippen MR) is 56.2 cm³/mol. The zero-order valence-corrected chi connectivity index (χ0v) is 8.75. The number of carboxylic acids is 1. The highest BCUT2D eigenvalue weighted by atomic mass is 16.5. The van der Waals surface area contributed by atoms with Gasteiger partial charge in [0.1, 0.15) is 0 Å². The molecule has 2 rings (SSSR count). The maximum Gasteiger partial charge on any atom is 0.354 e. The number of hydrogen-bond acceptors (Lipinski definition) is 6. The number of imidazole rings is 1. The smallest absolute Gasteiger partial charge is 0.354 e. The van der Waals surface area contributed by atoms with Crippen molar-refractivity contribution in [3.05, 3.63) is 16.7 Å². The molecular weight excluding hydrogens is 230 g/mol. The van der Waals surface area contributed by atoms with Crippen molar-refractivity contribution >= 4 is 23.1 Å². The number of carbonyl (C=O) groups is 1. The van der Waals surface area contributed by atoms with E-state index in [4.69, 9.17) is 15.6 Å². The Hall–Kier alpha value is -2.42. The number of nitrogens with two attached hydrogens (primary N) is 1. The van der Waals surface area contributed by atoms with Gasteiger partial charge in [-0.25, -0.2) is 9.78 Å². The summed E-state index contributed by atoms with van der Waals surface area (Å²) in [5.74, 6) is -1.35. The van der Waals surface area contributed by atoms with Crippen LogP contribution in [0.4, 0.5) is 5.95 Å². The second-order valence-electron chi connectivity index (χ2n) is 3.20. The minimum atomic E-state index is -1.31. The lowest BCUT2D eigenvalue weighted by Crippen LogP contribution is -2.21. The van der Waals surface area contributed by atoms with Gasteiger partial charge in [0.05, 0.1) is 6.33 Å². The largest absolute Gasteiger partial charge is 0.478 e. The fourth-order valence-electron chi connectivity index (χ4n) is 1.45. The Morgan fingerprint density at radius 3 is 3.00 bits per heavy atom. The number of aromatic amines is 1. The number of anilines is 1. The molecule has 0 aromatic carbocycles. The Bertz CT molecular complexity index is 630. The SMILES string of the molecule is COC(C(=O)O)n1cnc2c(=O)[nH]c(N)nc21. The van der Waals surface area contributed by atoms with Crippen LogP contribution in [0.15, 0.2) is 11.1 Å². The molecule has 0 saturated heterocycles. The summed E-state index contributed by atoms with van der Waals surface area (Å²) < 4.78 is 5.89. The number of nitrogen functional groups attached to an aromatic ring is 1. The highest BCUT2D eigenvalue weighted by Crippen LogP contribution is 2.14. The van der Waals surface area contributed by atoms with Crippen molar-refractivity contribution in [1.82, 2.24) is 19.5 Å². The Labute approximate surface area is 93.9 Å². The standard InChI is InChI=1S/C8H9N5O4/c1-17-6(7(15)16)13-2-10-3-4(13)11-8(9)12-5(3)14/h2,6H,1H3,(H,15,16)(H3,9,11,12,14). The second kappa shape index (κ2) is 3.87. The molecule has 4 N–H and O–H groups in total. The molecule has 0 bridgehead atoms. The van der Waals surface area contributed by atoms with Crippen molar-refractivity contribution in [3.8, 4) is 0 Å². The topological polar surface area (TPSA) is 136 Å². The highest BCUT2D eigenvalue weighted by molar-refractivity contribution is 5.76. The molecule has 2 aromatic rings. The molecule has 1 unspecified atom stereocenters. The van der Waals surface area contributed by atoms with Gasteiger partial charge in [0.2, 0.25) is 12.2 Å². The monoisotopic (exact) mass is 239 g/mol. The zero-order valence-electron chi connectivity index (χ0n) is 8.75. The first-order valence-electron chi connectivity index (χ1n) is 4.52. The molecule has 9 nitrogen and oxygen atoms in total. The van der Waals surface area contributed by atoms with Crippen molar-refractivity contribution in [1.29, 1.82) is 0 Å². The van der Waals surface area contributed by atoms with Crippen LogP contribution in [-0.4, -0.2) is 37.7 Å². The van der Waals surface area contributed by atoms with Crippen molar-refractivity contribution < 1.29 is 14.6 Å². The average Bonchev–Trinajstić information content (AvgIpc) is 2.63. The predicted octanol–water partition coefficient (Wildman–Crippen LogP) is -1.07. The van der Waals surface area contributed by atoms with Crippen LogP contribution in [0.5, 0.6) is 0 Å². The third-order valence-corrected chi connectivity index (χ3v) is 2.14. The maximum absolute atomic E-state index is 11.5. The summed E-state index contributed by atoms with van der Waals surface area (Å²) in [4.78, 5) is 32.2. The Morgan fingerprint density at radius 2 is 2.41 bits per heavy atom. The zero-order chi connectivity index (χ0) is 12.6. The number of aromatic nitrogens is 4. The third-order valence-electron chi connectivity index (χ3n) is 2.14. The molecule has 0 fully saturated rings. The molecule has 0 saturated carbocycles. The molecule has 0 radical (unpaired) electrons. The number of carboxylic acid groups (broad SMARTS) is 1. The second-order valence-corrected chi connectivity index (χ2v) is 3.20. The summed E-state index contributed by atoms with van der Waals surface area (Å²) in [5, 5.41) is 8.92. The first kappa shape index (κ1) is 11.1. The summed E-state index contributed by atoms with van der Waals surface area (Å²) in [6, 6.07) is 0. The molecule has 0 aliphatic rings. The van der Waals surface area contributed by atoms with Gasteiger partial charge < -0.3 is 15.6 Å². The number of ether oxygens (including phenoxy) is 1. The number of nitrogens with zero attached hydrogens (tertiary/aromatic N) is 3. The van der Waals surface area contributed by atoms with Crippen LogP contribution in [-0.2, 0) is 9.53 Å². The lowest BCUT2D eigenvalue weighted by atomic mass is 10.5. The van der Waals surface area contributed by atoms with E-state index in [1.807, 2.05) is 0 Å². The van der Waals surface area contributed by atoms with E-state index in [0.29, 0.717) is 0 Å². The van der Waals surface area contributed by atoms with Crippen molar-refractivity contribution in [3.63, 3.8) is 0 Å². The summed E-state index contributed by atoms with van der Waals surface area (Å²) in [5.41, 5.74) is 4.90. The number of rotatable bonds is 3. The van der Waals surface area contributed by atoms with Crippen LogP contribution < -0.4 is 11.3 Å². The Balaban J connectivity index is 2.71. The van der Waals surface area contributed by atoms with Crippen LogP contribution in [0, 0.1) is 0 Å². The first-order chi connectivity index (χ1) is 8.04.